The summed E-state index contributed by atoms with van der Waals surface area (Å²) in [6, 6.07) is 24.8. The molecule has 0 amide bonds. The van der Waals surface area contributed by atoms with Crippen molar-refractivity contribution < 1.29 is 9.30 Å². The Morgan fingerprint density at radius 3 is 2.50 bits per heavy atom. The molecular formula is C28H28N5O+. The predicted molar refractivity (Wildman–Crippen MR) is 136 cm³/mol. The summed E-state index contributed by atoms with van der Waals surface area (Å²) in [5, 5.41) is 8.19. The number of nitrogens with zero attached hydrogens (tertiary/aromatic N) is 4. The molecule has 0 saturated carbocycles. The Morgan fingerprint density at radius 2 is 1.76 bits per heavy atom. The van der Waals surface area contributed by atoms with Crippen molar-refractivity contribution in [3.63, 3.8) is 0 Å². The van der Waals surface area contributed by atoms with E-state index < -0.39 is 0 Å². The zero-order valence-electron chi connectivity index (χ0n) is 19.6. The van der Waals surface area contributed by atoms with Crippen molar-refractivity contribution in [1.29, 1.82) is 0 Å². The highest BCUT2D eigenvalue weighted by Gasteiger charge is 2.30. The lowest BCUT2D eigenvalue weighted by atomic mass is 10.1. The number of hydrogen-bond acceptors (Lipinski definition) is 4. The van der Waals surface area contributed by atoms with Gasteiger partial charge in [-0.1, -0.05) is 30.3 Å². The fourth-order valence-electron chi connectivity index (χ4n) is 4.12. The second-order valence-electron chi connectivity index (χ2n) is 8.47. The van der Waals surface area contributed by atoms with Gasteiger partial charge in [0, 0.05) is 36.4 Å². The molecule has 6 heteroatoms. The number of methoxy groups -OCH3 is 1. The van der Waals surface area contributed by atoms with Gasteiger partial charge in [0.2, 0.25) is 11.4 Å². The van der Waals surface area contributed by atoms with E-state index in [1.807, 2.05) is 41.2 Å². The molecule has 0 spiro atoms. The van der Waals surface area contributed by atoms with Gasteiger partial charge >= 0.3 is 0 Å². The van der Waals surface area contributed by atoms with Gasteiger partial charge in [-0.2, -0.15) is 9.67 Å². The zero-order valence-corrected chi connectivity index (χ0v) is 19.6. The van der Waals surface area contributed by atoms with E-state index in [4.69, 9.17) is 9.73 Å². The molecule has 6 nitrogen and oxygen atoms in total. The van der Waals surface area contributed by atoms with Crippen molar-refractivity contribution in [1.82, 2.24) is 9.78 Å². The average Bonchev–Trinajstić information content (AvgIpc) is 3.45. The molecule has 4 aromatic rings. The molecule has 2 aromatic heterocycles. The number of hydrogen-bond donors (Lipinski definition) is 1. The molecule has 3 heterocycles. The number of allylic oxidation sites excluding steroid dienone is 1. The second kappa shape index (κ2) is 9.35. The molecule has 1 aliphatic rings. The quantitative estimate of drug-likeness (QED) is 0.384. The molecular weight excluding hydrogens is 422 g/mol. The minimum absolute atomic E-state index is 0.211. The van der Waals surface area contributed by atoms with Crippen LogP contribution in [-0.2, 0) is 6.54 Å². The van der Waals surface area contributed by atoms with Crippen LogP contribution in [0.5, 0.6) is 5.75 Å². The number of ether oxygens (including phenoxy) is 1. The first-order valence-corrected chi connectivity index (χ1v) is 11.5. The topological polar surface area (TPSA) is 55.3 Å². The fraction of sp³-hybridized carbons (Fsp3) is 0.179. The minimum Gasteiger partial charge on any atom is -0.497 e. The van der Waals surface area contributed by atoms with Crippen LogP contribution in [0.4, 0.5) is 11.5 Å². The summed E-state index contributed by atoms with van der Waals surface area (Å²) in [7, 11) is 1.68. The standard InChI is InChI=1S/C28H27N5O/c1-20(2)33-28(29-18-21-9-5-4-6-10-21)25(19-30-33)31-24-17-27(32-16-8-7-11-26(24)32)22-12-14-23(34-3)15-13-22/h4-17,19-20H,18H2,1-3H3/p+1. The number of aromatic nitrogens is 3. The van der Waals surface area contributed by atoms with E-state index in [1.165, 1.54) is 5.56 Å². The minimum atomic E-state index is 0.211. The summed E-state index contributed by atoms with van der Waals surface area (Å²) >= 11 is 0. The molecule has 170 valence electrons. The number of nitrogens with one attached hydrogen (secondary N) is 1. The summed E-state index contributed by atoms with van der Waals surface area (Å²) in [5.41, 5.74) is 6.15. The Hall–Kier alpha value is -4.19. The van der Waals surface area contributed by atoms with E-state index >= 15 is 0 Å². The smallest absolute Gasteiger partial charge is 0.237 e. The number of rotatable bonds is 7. The van der Waals surface area contributed by atoms with Crippen LogP contribution in [0.15, 0.2) is 96.3 Å². The summed E-state index contributed by atoms with van der Waals surface area (Å²) in [6.07, 6.45) is 6.04. The zero-order chi connectivity index (χ0) is 23.5. The third kappa shape index (κ3) is 4.22. The second-order valence-corrected chi connectivity index (χ2v) is 8.47. The van der Waals surface area contributed by atoms with Crippen LogP contribution in [0.2, 0.25) is 0 Å². The average molecular weight is 451 g/mol. The van der Waals surface area contributed by atoms with Crippen LogP contribution >= 0.6 is 0 Å². The number of aliphatic imine (C=N–C) groups is 1. The summed E-state index contributed by atoms with van der Waals surface area (Å²) < 4.78 is 9.49. The van der Waals surface area contributed by atoms with Gasteiger partial charge in [0.25, 0.3) is 0 Å². The molecule has 0 atom stereocenters. The normalized spacial score (nSPS) is 13.8. The van der Waals surface area contributed by atoms with Crippen LogP contribution < -0.4 is 14.6 Å². The summed E-state index contributed by atoms with van der Waals surface area (Å²) in [5.74, 6) is 1.75. The maximum atomic E-state index is 5.32. The Balaban J connectivity index is 1.54. The van der Waals surface area contributed by atoms with Crippen molar-refractivity contribution in [3.8, 4) is 5.75 Å². The molecule has 0 aliphatic carbocycles. The van der Waals surface area contributed by atoms with Crippen LogP contribution in [-0.4, -0.2) is 22.6 Å². The van der Waals surface area contributed by atoms with E-state index in [-0.39, 0.29) is 6.04 Å². The first-order valence-electron chi connectivity index (χ1n) is 11.5. The predicted octanol–water partition coefficient (Wildman–Crippen LogP) is 5.40. The Labute approximate surface area is 199 Å². The van der Waals surface area contributed by atoms with Crippen LogP contribution in [0, 0.1) is 0 Å². The maximum Gasteiger partial charge on any atom is 0.237 e. The summed E-state index contributed by atoms with van der Waals surface area (Å²) in [4.78, 5) is 5.07. The Kier molecular flexibility index (Phi) is 5.95. The molecule has 0 radical (unpaired) electrons. The lowest BCUT2D eigenvalue weighted by molar-refractivity contribution is -0.577. The van der Waals surface area contributed by atoms with Crippen LogP contribution in [0.3, 0.4) is 0 Å². The molecule has 0 saturated heterocycles. The molecule has 34 heavy (non-hydrogen) atoms. The van der Waals surface area contributed by atoms with Gasteiger partial charge in [-0.15, -0.1) is 0 Å². The Bertz CT molecular complexity index is 1350. The van der Waals surface area contributed by atoms with Gasteiger partial charge < -0.3 is 10.1 Å². The van der Waals surface area contributed by atoms with Crippen LogP contribution in [0.1, 0.15) is 36.7 Å². The van der Waals surface area contributed by atoms with Crippen molar-refractivity contribution in [2.75, 3.05) is 12.4 Å². The molecule has 2 aromatic carbocycles. The van der Waals surface area contributed by atoms with Gasteiger partial charge in [0.05, 0.1) is 13.3 Å². The van der Waals surface area contributed by atoms with Crippen molar-refractivity contribution in [3.05, 3.63) is 108 Å². The lowest BCUT2D eigenvalue weighted by Crippen LogP contribution is -2.34. The third-order valence-corrected chi connectivity index (χ3v) is 5.85. The lowest BCUT2D eigenvalue weighted by Gasteiger charge is -2.13. The number of fused-ring (bicyclic) bond motifs is 1. The first-order chi connectivity index (χ1) is 16.6. The van der Waals surface area contributed by atoms with Gasteiger partial charge in [-0.05, 0) is 49.7 Å². The first kappa shape index (κ1) is 21.6. The molecule has 0 unspecified atom stereocenters. The van der Waals surface area contributed by atoms with Crippen molar-refractivity contribution in [2.24, 2.45) is 4.99 Å². The van der Waals surface area contributed by atoms with Crippen molar-refractivity contribution in [2.45, 2.75) is 26.4 Å². The van der Waals surface area contributed by atoms with E-state index in [0.717, 1.165) is 39.9 Å². The number of benzene rings is 2. The van der Waals surface area contributed by atoms with Gasteiger partial charge in [-0.3, -0.25) is 0 Å². The fourth-order valence-corrected chi connectivity index (χ4v) is 4.12. The highest BCUT2D eigenvalue weighted by Crippen LogP contribution is 2.30. The third-order valence-electron chi connectivity index (χ3n) is 5.85. The molecule has 0 fully saturated rings. The maximum absolute atomic E-state index is 5.32. The molecule has 1 N–H and O–H groups in total. The van der Waals surface area contributed by atoms with Gasteiger partial charge in [0.1, 0.15) is 17.1 Å². The number of pyridine rings is 1. The molecule has 0 bridgehead atoms. The Morgan fingerprint density at radius 1 is 1.00 bits per heavy atom. The van der Waals surface area contributed by atoms with Gasteiger partial charge in [0.15, 0.2) is 12.0 Å². The molecule has 5 rings (SSSR count). The van der Waals surface area contributed by atoms with Gasteiger partial charge in [-0.25, -0.2) is 9.67 Å². The van der Waals surface area contributed by atoms with E-state index in [9.17, 15) is 0 Å². The monoisotopic (exact) mass is 450 g/mol. The highest BCUT2D eigenvalue weighted by atomic mass is 16.5. The molecule has 1 aliphatic heterocycles. The van der Waals surface area contributed by atoms with E-state index in [0.29, 0.717) is 6.54 Å². The SMILES string of the molecule is COc1ccc(C2=C/C(=N\c3cnn(C(C)C)c3NCc3ccccc3)c3cccc[n+]32)cc1. The van der Waals surface area contributed by atoms with Crippen LogP contribution in [0.25, 0.3) is 5.70 Å². The van der Waals surface area contributed by atoms with Crippen molar-refractivity contribution >= 4 is 22.9 Å². The number of anilines is 1. The highest BCUT2D eigenvalue weighted by molar-refractivity contribution is 6.13. The summed E-state index contributed by atoms with van der Waals surface area (Å²) in [6.45, 7) is 4.95. The van der Waals surface area contributed by atoms with E-state index in [1.54, 1.807) is 7.11 Å². The van der Waals surface area contributed by atoms with E-state index in [2.05, 4.69) is 83.6 Å². The largest absolute Gasteiger partial charge is 0.497 e.